The van der Waals surface area contributed by atoms with Gasteiger partial charge >= 0.3 is 17.9 Å². The topological polar surface area (TPSA) is 234 Å². The molecule has 0 spiro atoms. The SMILES string of the molecule is C=CC(=O)OC(COCCCC)COc1ccc(-c2nc(-c3ccc(OCC(COCCCC)OC(=O)C=C)cc3O)nc(-c3ccc(OCC(COCCCC)OC(=O)C=C)cc3O)n2)c(O)c1. The van der Waals surface area contributed by atoms with E-state index in [9.17, 15) is 29.7 Å². The molecule has 4 rings (SSSR count). The average Bonchev–Trinajstić information content (AvgIpc) is 3.34. The Balaban J connectivity index is 1.67. The summed E-state index contributed by atoms with van der Waals surface area (Å²) in [7, 11) is 0. The van der Waals surface area contributed by atoms with Gasteiger partial charge in [-0.25, -0.2) is 29.3 Å². The fourth-order valence-corrected chi connectivity index (χ4v) is 6.04. The van der Waals surface area contributed by atoms with E-state index in [4.69, 9.17) is 42.6 Å². The van der Waals surface area contributed by atoms with E-state index in [0.717, 1.165) is 56.8 Å². The van der Waals surface area contributed by atoms with E-state index in [1.807, 2.05) is 20.8 Å². The molecule has 0 aliphatic heterocycles. The standard InChI is InChI=1S/C51H63N3O15/c1-7-13-22-61-28-37(67-46(58)10-4)31-64-34-16-19-40(43(55)25-34)49-52-50(41-20-17-35(26-44(41)56)65-32-38(68-47(59)11-5)29-62-23-14-8-2)54-51(53-49)42-21-18-36(27-45(42)57)66-33-39(69-48(60)12-6)30-63-24-15-9-3/h10-12,16-21,25-27,37-39,55-57H,4-9,13-15,22-24,28-33H2,1-3H3. The summed E-state index contributed by atoms with van der Waals surface area (Å²) in [6.07, 6.45) is 6.10. The van der Waals surface area contributed by atoms with Gasteiger partial charge in [0.25, 0.3) is 0 Å². The Hall–Kier alpha value is -7.02. The Kier molecular flexibility index (Phi) is 23.5. The fraction of sp³-hybridized carbons (Fsp3) is 0.412. The van der Waals surface area contributed by atoms with Gasteiger partial charge in [0.2, 0.25) is 0 Å². The van der Waals surface area contributed by atoms with Crippen LogP contribution in [-0.4, -0.2) is 126 Å². The van der Waals surface area contributed by atoms with Crippen LogP contribution in [0.1, 0.15) is 59.3 Å². The van der Waals surface area contributed by atoms with Crippen molar-refractivity contribution in [2.45, 2.75) is 77.6 Å². The Morgan fingerprint density at radius 3 is 0.986 bits per heavy atom. The van der Waals surface area contributed by atoms with Crippen molar-refractivity contribution < 1.29 is 72.3 Å². The van der Waals surface area contributed by atoms with Crippen LogP contribution in [0, 0.1) is 0 Å². The lowest BCUT2D eigenvalue weighted by atomic mass is 10.1. The molecule has 0 saturated heterocycles. The number of aromatic hydroxyl groups is 3. The lowest BCUT2D eigenvalue weighted by Gasteiger charge is -2.19. The average molecular weight is 958 g/mol. The molecule has 0 radical (unpaired) electrons. The smallest absolute Gasteiger partial charge is 0.330 e. The van der Waals surface area contributed by atoms with Crippen LogP contribution in [-0.2, 0) is 42.8 Å². The molecular formula is C51H63N3O15. The Bertz CT molecular complexity index is 2040. The first-order chi connectivity index (χ1) is 33.4. The number of phenolic OH excluding ortho intramolecular Hbond substituents is 3. The van der Waals surface area contributed by atoms with Crippen LogP contribution in [0.15, 0.2) is 92.6 Å². The summed E-state index contributed by atoms with van der Waals surface area (Å²) in [5.41, 5.74) is 0.392. The van der Waals surface area contributed by atoms with Crippen LogP contribution in [0.3, 0.4) is 0 Å². The number of unbranched alkanes of at least 4 members (excludes halogenated alkanes) is 3. The number of esters is 3. The minimum absolute atomic E-state index is 0.0504. The monoisotopic (exact) mass is 957 g/mol. The number of hydrogen-bond acceptors (Lipinski definition) is 18. The zero-order valence-electron chi connectivity index (χ0n) is 39.5. The molecule has 0 fully saturated rings. The minimum atomic E-state index is -0.765. The second-order valence-corrected chi connectivity index (χ2v) is 15.4. The highest BCUT2D eigenvalue weighted by atomic mass is 16.6. The lowest BCUT2D eigenvalue weighted by Crippen LogP contribution is -2.29. The predicted molar refractivity (Wildman–Crippen MR) is 255 cm³/mol. The Morgan fingerprint density at radius 2 is 0.754 bits per heavy atom. The quantitative estimate of drug-likeness (QED) is 0.0178. The number of benzene rings is 3. The summed E-state index contributed by atoms with van der Waals surface area (Å²) in [6, 6.07) is 13.2. The maximum Gasteiger partial charge on any atom is 0.330 e. The molecule has 1 aromatic heterocycles. The molecule has 0 saturated carbocycles. The zero-order chi connectivity index (χ0) is 50.0. The molecule has 0 aliphatic carbocycles. The summed E-state index contributed by atoms with van der Waals surface area (Å²) < 4.78 is 50.8. The molecule has 3 N–H and O–H groups in total. The van der Waals surface area contributed by atoms with Crippen molar-refractivity contribution in [3.63, 3.8) is 0 Å². The van der Waals surface area contributed by atoms with Crippen LogP contribution in [0.5, 0.6) is 34.5 Å². The first kappa shape index (κ1) is 54.6. The van der Waals surface area contributed by atoms with Gasteiger partial charge in [0.05, 0.1) is 36.5 Å². The van der Waals surface area contributed by atoms with Crippen molar-refractivity contribution in [2.24, 2.45) is 0 Å². The molecule has 3 aromatic carbocycles. The molecule has 3 atom stereocenters. The van der Waals surface area contributed by atoms with Crippen molar-refractivity contribution >= 4 is 17.9 Å². The predicted octanol–water partition coefficient (Wildman–Crippen LogP) is 7.87. The highest BCUT2D eigenvalue weighted by Crippen LogP contribution is 2.38. The van der Waals surface area contributed by atoms with Gasteiger partial charge in [0, 0.05) is 56.2 Å². The van der Waals surface area contributed by atoms with Crippen LogP contribution in [0.2, 0.25) is 0 Å². The number of rotatable bonds is 33. The van der Waals surface area contributed by atoms with Gasteiger partial charge in [-0.15, -0.1) is 0 Å². The summed E-state index contributed by atoms with van der Waals surface area (Å²) >= 11 is 0. The number of carbonyl (C=O) groups is 3. The van der Waals surface area contributed by atoms with E-state index >= 15 is 0 Å². The van der Waals surface area contributed by atoms with Gasteiger partial charge < -0.3 is 58.0 Å². The van der Waals surface area contributed by atoms with E-state index in [1.54, 1.807) is 18.2 Å². The normalized spacial score (nSPS) is 12.2. The molecule has 0 amide bonds. The third kappa shape index (κ3) is 18.5. The molecule has 372 valence electrons. The molecule has 69 heavy (non-hydrogen) atoms. The van der Waals surface area contributed by atoms with Crippen molar-refractivity contribution in [3.8, 4) is 68.7 Å². The largest absolute Gasteiger partial charge is 0.507 e. The Morgan fingerprint density at radius 1 is 0.478 bits per heavy atom. The summed E-state index contributed by atoms with van der Waals surface area (Å²) in [6.45, 7) is 17.8. The van der Waals surface area contributed by atoms with Crippen molar-refractivity contribution in [1.82, 2.24) is 15.0 Å². The highest BCUT2D eigenvalue weighted by molar-refractivity contribution is 5.82. The summed E-state index contributed by atoms with van der Waals surface area (Å²) in [5, 5.41) is 34.1. The number of nitrogens with zero attached hydrogens (tertiary/aromatic N) is 3. The number of carbonyl (C=O) groups excluding carboxylic acids is 3. The van der Waals surface area contributed by atoms with Crippen LogP contribution < -0.4 is 14.2 Å². The van der Waals surface area contributed by atoms with Crippen molar-refractivity contribution in [2.75, 3.05) is 59.5 Å². The van der Waals surface area contributed by atoms with Crippen LogP contribution >= 0.6 is 0 Å². The number of hydrogen-bond donors (Lipinski definition) is 3. The summed E-state index contributed by atoms with van der Waals surface area (Å²) in [5.74, 6) is -2.30. The first-order valence-electron chi connectivity index (χ1n) is 22.8. The third-order valence-electron chi connectivity index (χ3n) is 9.76. The maximum atomic E-state index is 12.0. The van der Waals surface area contributed by atoms with Gasteiger partial charge in [-0.2, -0.15) is 0 Å². The molecule has 18 nitrogen and oxygen atoms in total. The summed E-state index contributed by atoms with van der Waals surface area (Å²) in [4.78, 5) is 49.9. The van der Waals surface area contributed by atoms with Gasteiger partial charge in [-0.3, -0.25) is 0 Å². The van der Waals surface area contributed by atoms with Crippen LogP contribution in [0.25, 0.3) is 34.2 Å². The lowest BCUT2D eigenvalue weighted by molar-refractivity contribution is -0.148. The highest BCUT2D eigenvalue weighted by Gasteiger charge is 2.22. The van der Waals surface area contributed by atoms with E-state index in [-0.39, 0.29) is 108 Å². The third-order valence-corrected chi connectivity index (χ3v) is 9.76. The second kappa shape index (κ2) is 29.7. The molecule has 0 aliphatic rings. The van der Waals surface area contributed by atoms with E-state index in [2.05, 4.69) is 34.7 Å². The molecule has 1 heterocycles. The van der Waals surface area contributed by atoms with Gasteiger partial charge in [0.15, 0.2) is 35.8 Å². The molecule has 3 unspecified atom stereocenters. The van der Waals surface area contributed by atoms with Gasteiger partial charge in [0.1, 0.15) is 54.3 Å². The number of aromatic nitrogens is 3. The second-order valence-electron chi connectivity index (χ2n) is 15.4. The molecule has 18 heteroatoms. The number of phenols is 3. The van der Waals surface area contributed by atoms with Crippen molar-refractivity contribution in [3.05, 3.63) is 92.6 Å². The van der Waals surface area contributed by atoms with E-state index in [0.29, 0.717) is 19.8 Å². The van der Waals surface area contributed by atoms with E-state index < -0.39 is 36.2 Å². The number of ether oxygens (including phenoxy) is 9. The zero-order valence-corrected chi connectivity index (χ0v) is 39.5. The van der Waals surface area contributed by atoms with Crippen molar-refractivity contribution in [1.29, 1.82) is 0 Å². The van der Waals surface area contributed by atoms with Gasteiger partial charge in [-0.05, 0) is 55.7 Å². The molecular weight excluding hydrogens is 895 g/mol. The minimum Gasteiger partial charge on any atom is -0.507 e. The molecule has 0 bridgehead atoms. The van der Waals surface area contributed by atoms with Gasteiger partial charge in [-0.1, -0.05) is 59.8 Å². The maximum absolute atomic E-state index is 12.0. The van der Waals surface area contributed by atoms with Crippen LogP contribution in [0.4, 0.5) is 0 Å². The fourth-order valence-electron chi connectivity index (χ4n) is 6.04. The molecule has 4 aromatic rings. The van der Waals surface area contributed by atoms with E-state index in [1.165, 1.54) is 36.4 Å². The Labute approximate surface area is 402 Å². The first-order valence-corrected chi connectivity index (χ1v) is 22.8.